The van der Waals surface area contributed by atoms with Gasteiger partial charge in [0.25, 0.3) is 0 Å². The van der Waals surface area contributed by atoms with E-state index in [9.17, 15) is 0 Å². The Balaban J connectivity index is 1.78. The molecule has 2 aromatic heterocycles. The summed E-state index contributed by atoms with van der Waals surface area (Å²) in [5.41, 5.74) is 8.04. The third kappa shape index (κ3) is 2.70. The van der Waals surface area contributed by atoms with Crippen LogP contribution in [0.15, 0.2) is 35.7 Å². The minimum atomic E-state index is 0.428. The maximum absolute atomic E-state index is 5.75. The summed E-state index contributed by atoms with van der Waals surface area (Å²) in [6.07, 6.45) is 0. The number of thiazole rings is 1. The van der Waals surface area contributed by atoms with E-state index in [1.54, 1.807) is 11.3 Å². The predicted octanol–water partition coefficient (Wildman–Crippen LogP) is 4.13. The van der Waals surface area contributed by atoms with E-state index < -0.39 is 0 Å². The van der Waals surface area contributed by atoms with Crippen LogP contribution in [0.4, 0.5) is 5.13 Å². The molecule has 0 fully saturated rings. The highest BCUT2D eigenvalue weighted by Crippen LogP contribution is 2.27. The third-order valence-corrected chi connectivity index (χ3v) is 5.41. The highest BCUT2D eigenvalue weighted by molar-refractivity contribution is 7.22. The lowest BCUT2D eigenvalue weighted by Crippen LogP contribution is -2.21. The summed E-state index contributed by atoms with van der Waals surface area (Å²) in [5.74, 6) is 0. The van der Waals surface area contributed by atoms with Gasteiger partial charge in [-0.05, 0) is 43.1 Å². The van der Waals surface area contributed by atoms with E-state index in [-0.39, 0.29) is 0 Å². The molecule has 0 aliphatic heterocycles. The molecule has 2 heterocycles. The summed E-state index contributed by atoms with van der Waals surface area (Å²) >= 11 is 3.36. The van der Waals surface area contributed by atoms with Crippen molar-refractivity contribution in [1.82, 2.24) is 9.88 Å². The first-order valence-corrected chi connectivity index (χ1v) is 8.21. The zero-order valence-corrected chi connectivity index (χ0v) is 13.2. The topological polar surface area (TPSA) is 42.2 Å². The molecule has 0 aliphatic rings. The highest BCUT2D eigenvalue weighted by atomic mass is 32.1. The van der Waals surface area contributed by atoms with Crippen LogP contribution in [-0.4, -0.2) is 16.9 Å². The van der Waals surface area contributed by atoms with Gasteiger partial charge in [-0.1, -0.05) is 23.5 Å². The molecule has 3 aromatic rings. The monoisotopic (exact) mass is 303 g/mol. The Morgan fingerprint density at radius 2 is 2.20 bits per heavy atom. The van der Waals surface area contributed by atoms with Crippen LogP contribution in [0.3, 0.4) is 0 Å². The molecule has 0 radical (unpaired) electrons. The summed E-state index contributed by atoms with van der Waals surface area (Å²) in [5, 5.41) is 2.77. The second-order valence-corrected chi connectivity index (χ2v) is 7.00. The van der Waals surface area contributed by atoms with Crippen molar-refractivity contribution in [3.63, 3.8) is 0 Å². The van der Waals surface area contributed by atoms with E-state index >= 15 is 0 Å². The van der Waals surface area contributed by atoms with Crippen LogP contribution in [0, 0.1) is 0 Å². The molecule has 0 bridgehead atoms. The van der Waals surface area contributed by atoms with Crippen molar-refractivity contribution in [3.05, 3.63) is 46.2 Å². The molecule has 1 unspecified atom stereocenters. The lowest BCUT2D eigenvalue weighted by Gasteiger charge is -2.23. The molecule has 3 nitrogen and oxygen atoms in total. The van der Waals surface area contributed by atoms with Crippen molar-refractivity contribution in [2.75, 3.05) is 12.8 Å². The maximum Gasteiger partial charge on any atom is 0.181 e. The fourth-order valence-corrected chi connectivity index (χ4v) is 3.90. The fourth-order valence-electron chi connectivity index (χ4n) is 2.26. The smallest absolute Gasteiger partial charge is 0.181 e. The predicted molar refractivity (Wildman–Crippen MR) is 88.2 cm³/mol. The Morgan fingerprint density at radius 3 is 2.95 bits per heavy atom. The first-order chi connectivity index (χ1) is 9.63. The molecule has 0 aliphatic carbocycles. The largest absolute Gasteiger partial charge is 0.375 e. The van der Waals surface area contributed by atoms with Gasteiger partial charge in [0.05, 0.1) is 10.2 Å². The minimum absolute atomic E-state index is 0.428. The van der Waals surface area contributed by atoms with Crippen LogP contribution in [0.5, 0.6) is 0 Å². The molecule has 0 saturated carbocycles. The molecule has 0 saturated heterocycles. The summed E-state index contributed by atoms with van der Waals surface area (Å²) in [4.78, 5) is 8.05. The van der Waals surface area contributed by atoms with E-state index in [1.165, 1.54) is 10.4 Å². The standard InChI is InChI=1S/C15H17N3S2/c1-10(13-4-3-7-19-13)18(2)9-11-5-6-12-14(8-11)20-15(16)17-12/h3-8,10H,9H2,1-2H3,(H2,16,17). The van der Waals surface area contributed by atoms with Crippen molar-refractivity contribution < 1.29 is 0 Å². The highest BCUT2D eigenvalue weighted by Gasteiger charge is 2.13. The second kappa shape index (κ2) is 5.52. The van der Waals surface area contributed by atoms with Crippen molar-refractivity contribution in [1.29, 1.82) is 0 Å². The van der Waals surface area contributed by atoms with Gasteiger partial charge < -0.3 is 5.73 Å². The molecule has 5 heteroatoms. The van der Waals surface area contributed by atoms with Crippen LogP contribution in [0.2, 0.25) is 0 Å². The Labute approximate surface area is 126 Å². The number of benzene rings is 1. The van der Waals surface area contributed by atoms with Crippen molar-refractivity contribution in [2.24, 2.45) is 0 Å². The van der Waals surface area contributed by atoms with Gasteiger partial charge in [-0.15, -0.1) is 11.3 Å². The van der Waals surface area contributed by atoms with Crippen molar-refractivity contribution in [3.8, 4) is 0 Å². The number of fused-ring (bicyclic) bond motifs is 1. The number of thiophene rings is 1. The van der Waals surface area contributed by atoms with Crippen LogP contribution < -0.4 is 5.73 Å². The SMILES string of the molecule is CC(c1cccs1)N(C)Cc1ccc2nc(N)sc2c1. The number of rotatable bonds is 4. The van der Waals surface area contributed by atoms with Gasteiger partial charge in [-0.3, -0.25) is 4.90 Å². The van der Waals surface area contributed by atoms with E-state index in [0.717, 1.165) is 16.8 Å². The maximum atomic E-state index is 5.75. The summed E-state index contributed by atoms with van der Waals surface area (Å²) in [6.45, 7) is 3.17. The lowest BCUT2D eigenvalue weighted by molar-refractivity contribution is 0.256. The molecule has 1 atom stereocenters. The van der Waals surface area contributed by atoms with Crippen LogP contribution >= 0.6 is 22.7 Å². The molecular weight excluding hydrogens is 286 g/mol. The Morgan fingerprint density at radius 1 is 1.35 bits per heavy atom. The fraction of sp³-hybridized carbons (Fsp3) is 0.267. The summed E-state index contributed by atoms with van der Waals surface area (Å²) in [7, 11) is 2.16. The average Bonchev–Trinajstić information content (AvgIpc) is 3.05. The molecule has 2 N–H and O–H groups in total. The molecule has 1 aromatic carbocycles. The number of anilines is 1. The molecule has 104 valence electrons. The van der Waals surface area contributed by atoms with Gasteiger partial charge in [0.15, 0.2) is 5.13 Å². The zero-order chi connectivity index (χ0) is 14.1. The molecule has 20 heavy (non-hydrogen) atoms. The summed E-state index contributed by atoms with van der Waals surface area (Å²) < 4.78 is 1.16. The van der Waals surface area contributed by atoms with Gasteiger partial charge in [0.2, 0.25) is 0 Å². The normalized spacial score (nSPS) is 13.2. The van der Waals surface area contributed by atoms with Crippen molar-refractivity contribution >= 4 is 38.0 Å². The quantitative estimate of drug-likeness (QED) is 0.788. The first-order valence-electron chi connectivity index (χ1n) is 6.52. The van der Waals surface area contributed by atoms with Crippen LogP contribution in [0.25, 0.3) is 10.2 Å². The number of nitrogen functional groups attached to an aromatic ring is 1. The van der Waals surface area contributed by atoms with Crippen LogP contribution in [0.1, 0.15) is 23.4 Å². The van der Waals surface area contributed by atoms with E-state index in [4.69, 9.17) is 5.73 Å². The number of hydrogen-bond acceptors (Lipinski definition) is 5. The van der Waals surface area contributed by atoms with Gasteiger partial charge >= 0.3 is 0 Å². The molecule has 0 spiro atoms. The summed E-state index contributed by atoms with van der Waals surface area (Å²) in [6, 6.07) is 11.1. The van der Waals surface area contributed by atoms with Crippen molar-refractivity contribution in [2.45, 2.75) is 19.5 Å². The Kier molecular flexibility index (Phi) is 3.74. The average molecular weight is 303 g/mol. The zero-order valence-electron chi connectivity index (χ0n) is 11.5. The minimum Gasteiger partial charge on any atom is -0.375 e. The van der Waals surface area contributed by atoms with Gasteiger partial charge in [0, 0.05) is 17.5 Å². The second-order valence-electron chi connectivity index (χ2n) is 4.96. The lowest BCUT2D eigenvalue weighted by atomic mass is 10.1. The third-order valence-electron chi connectivity index (χ3n) is 3.52. The number of hydrogen-bond donors (Lipinski definition) is 1. The number of nitrogens with two attached hydrogens (primary N) is 1. The molecular formula is C15H17N3S2. The van der Waals surface area contributed by atoms with E-state index in [0.29, 0.717) is 11.2 Å². The van der Waals surface area contributed by atoms with Gasteiger partial charge in [0.1, 0.15) is 0 Å². The Bertz CT molecular complexity index is 703. The van der Waals surface area contributed by atoms with Crippen LogP contribution in [-0.2, 0) is 6.54 Å². The molecule has 0 amide bonds. The van der Waals surface area contributed by atoms with E-state index in [1.807, 2.05) is 11.3 Å². The van der Waals surface area contributed by atoms with Gasteiger partial charge in [-0.25, -0.2) is 4.98 Å². The number of aromatic nitrogens is 1. The van der Waals surface area contributed by atoms with E-state index in [2.05, 4.69) is 59.6 Å². The van der Waals surface area contributed by atoms with Gasteiger partial charge in [-0.2, -0.15) is 0 Å². The first kappa shape index (κ1) is 13.5. The number of nitrogens with zero attached hydrogens (tertiary/aromatic N) is 2. The Hall–Kier alpha value is -1.43. The molecule has 3 rings (SSSR count).